The molecule has 29 heavy (non-hydrogen) atoms. The Labute approximate surface area is 171 Å². The molecule has 1 amide bonds. The molecular formula is C24H27N3O2. The second-order valence-electron chi connectivity index (χ2n) is 7.06. The Morgan fingerprint density at radius 2 is 1.62 bits per heavy atom. The molecule has 2 aromatic carbocycles. The van der Waals surface area contributed by atoms with Gasteiger partial charge in [-0.2, -0.15) is 0 Å². The number of rotatable bonds is 10. The van der Waals surface area contributed by atoms with Gasteiger partial charge in [-0.1, -0.05) is 80.4 Å². The summed E-state index contributed by atoms with van der Waals surface area (Å²) in [6.07, 6.45) is 5.96. The Kier molecular flexibility index (Phi) is 7.34. The maximum absolute atomic E-state index is 13.5. The quantitative estimate of drug-likeness (QED) is 0.423. The first kappa shape index (κ1) is 20.5. The zero-order valence-corrected chi connectivity index (χ0v) is 16.8. The van der Waals surface area contributed by atoms with E-state index in [4.69, 9.17) is 0 Å². The number of amides is 1. The van der Waals surface area contributed by atoms with Crippen LogP contribution in [0.15, 0.2) is 71.8 Å². The van der Waals surface area contributed by atoms with Crippen molar-refractivity contribution in [1.29, 1.82) is 0 Å². The van der Waals surface area contributed by atoms with E-state index < -0.39 is 0 Å². The Hall–Kier alpha value is -3.21. The van der Waals surface area contributed by atoms with Gasteiger partial charge in [0.2, 0.25) is 6.41 Å². The second-order valence-corrected chi connectivity index (χ2v) is 7.06. The molecule has 5 nitrogen and oxygen atoms in total. The van der Waals surface area contributed by atoms with Crippen LogP contribution in [0, 0.1) is 0 Å². The van der Waals surface area contributed by atoms with E-state index in [1.54, 1.807) is 10.9 Å². The molecule has 0 atom stereocenters. The molecule has 0 spiro atoms. The highest BCUT2D eigenvalue weighted by Gasteiger charge is 2.20. The topological polar surface area (TPSA) is 64.0 Å². The Morgan fingerprint density at radius 1 is 1.00 bits per heavy atom. The summed E-state index contributed by atoms with van der Waals surface area (Å²) in [5.41, 5.74) is 3.35. The minimum absolute atomic E-state index is 0.0449. The van der Waals surface area contributed by atoms with Crippen molar-refractivity contribution >= 4 is 6.41 Å². The van der Waals surface area contributed by atoms with Gasteiger partial charge in [-0.3, -0.25) is 14.2 Å². The number of unbranched alkanes of at least 4 members (excludes halogenated alkanes) is 2. The molecule has 5 heteroatoms. The molecule has 150 valence electrons. The molecule has 0 radical (unpaired) electrons. The molecule has 3 aromatic rings. The molecule has 0 aliphatic carbocycles. The lowest BCUT2D eigenvalue weighted by atomic mass is 9.98. The average Bonchev–Trinajstić information content (AvgIpc) is 2.77. The Morgan fingerprint density at radius 3 is 2.17 bits per heavy atom. The van der Waals surface area contributed by atoms with Crippen LogP contribution in [0.3, 0.4) is 0 Å². The summed E-state index contributed by atoms with van der Waals surface area (Å²) in [6, 6.07) is 19.7. The van der Waals surface area contributed by atoms with Crippen molar-refractivity contribution < 1.29 is 4.79 Å². The number of hydrogen-bond acceptors (Lipinski definition) is 3. The predicted molar refractivity (Wildman–Crippen MR) is 115 cm³/mol. The van der Waals surface area contributed by atoms with Crippen LogP contribution < -0.4 is 10.9 Å². The van der Waals surface area contributed by atoms with Crippen LogP contribution in [0.1, 0.15) is 54.6 Å². The molecule has 0 saturated heterocycles. The van der Waals surface area contributed by atoms with Crippen LogP contribution in [-0.4, -0.2) is 16.0 Å². The monoisotopic (exact) mass is 389 g/mol. The van der Waals surface area contributed by atoms with Crippen molar-refractivity contribution in [3.05, 3.63) is 99.7 Å². The van der Waals surface area contributed by atoms with Gasteiger partial charge in [0, 0.05) is 5.56 Å². The van der Waals surface area contributed by atoms with Gasteiger partial charge in [0.05, 0.1) is 24.6 Å². The first-order valence-electron chi connectivity index (χ1n) is 10.1. The molecule has 0 fully saturated rings. The largest absolute Gasteiger partial charge is 0.353 e. The van der Waals surface area contributed by atoms with Gasteiger partial charge in [0.15, 0.2) is 0 Å². The van der Waals surface area contributed by atoms with Gasteiger partial charge in [0.25, 0.3) is 5.56 Å². The highest BCUT2D eigenvalue weighted by Crippen LogP contribution is 2.25. The van der Waals surface area contributed by atoms with Gasteiger partial charge < -0.3 is 5.32 Å². The molecular weight excluding hydrogens is 362 g/mol. The van der Waals surface area contributed by atoms with Crippen molar-refractivity contribution in [1.82, 2.24) is 14.9 Å². The summed E-state index contributed by atoms with van der Waals surface area (Å²) < 4.78 is 1.72. The molecule has 0 aliphatic heterocycles. The van der Waals surface area contributed by atoms with Crippen LogP contribution in [0.5, 0.6) is 0 Å². The molecule has 0 aliphatic rings. The van der Waals surface area contributed by atoms with Crippen LogP contribution in [0.25, 0.3) is 0 Å². The Bertz CT molecular complexity index is 929. The number of nitrogens with one attached hydrogen (secondary N) is 1. The third kappa shape index (κ3) is 4.99. The second kappa shape index (κ2) is 10.4. The summed E-state index contributed by atoms with van der Waals surface area (Å²) in [4.78, 5) is 28.9. The molecule has 0 unspecified atom stereocenters. The van der Waals surface area contributed by atoms with Crippen LogP contribution >= 0.6 is 0 Å². The van der Waals surface area contributed by atoms with Crippen LogP contribution in [-0.2, 0) is 17.8 Å². The fourth-order valence-electron chi connectivity index (χ4n) is 3.60. The number of carbonyl (C=O) groups is 1. The number of benzene rings is 2. The minimum atomic E-state index is -0.254. The average molecular weight is 389 g/mol. The first-order valence-corrected chi connectivity index (χ1v) is 10.1. The number of carbonyl (C=O) groups excluding carboxylic acids is 1. The standard InChI is InChI=1S/C24H27N3O2/c1-2-3-6-15-21-22(16-25-18-28)26-17-27(24(21)29)23(19-11-7-4-8-12-19)20-13-9-5-10-14-20/h4-5,7-14,17-18,23H,2-3,6,15-16H2,1H3,(H,25,28). The van der Waals surface area contributed by atoms with E-state index in [0.29, 0.717) is 24.1 Å². The van der Waals surface area contributed by atoms with E-state index in [9.17, 15) is 9.59 Å². The van der Waals surface area contributed by atoms with E-state index in [0.717, 1.165) is 30.4 Å². The lowest BCUT2D eigenvalue weighted by Crippen LogP contribution is -2.32. The van der Waals surface area contributed by atoms with Gasteiger partial charge in [-0.25, -0.2) is 4.98 Å². The molecule has 1 heterocycles. The van der Waals surface area contributed by atoms with Crippen LogP contribution in [0.2, 0.25) is 0 Å². The summed E-state index contributed by atoms with van der Waals surface area (Å²) in [5.74, 6) is 0. The van der Waals surface area contributed by atoms with E-state index in [1.165, 1.54) is 0 Å². The summed E-state index contributed by atoms with van der Waals surface area (Å²) >= 11 is 0. The van der Waals surface area contributed by atoms with E-state index in [1.807, 2.05) is 60.7 Å². The highest BCUT2D eigenvalue weighted by molar-refractivity contribution is 5.46. The normalized spacial score (nSPS) is 10.8. The van der Waals surface area contributed by atoms with Crippen molar-refractivity contribution in [2.75, 3.05) is 0 Å². The van der Waals surface area contributed by atoms with E-state index >= 15 is 0 Å². The first-order chi connectivity index (χ1) is 14.3. The number of nitrogens with zero attached hydrogens (tertiary/aromatic N) is 2. The minimum Gasteiger partial charge on any atom is -0.353 e. The summed E-state index contributed by atoms with van der Waals surface area (Å²) in [7, 11) is 0. The summed E-state index contributed by atoms with van der Waals surface area (Å²) in [5, 5.41) is 2.64. The zero-order valence-electron chi connectivity index (χ0n) is 16.8. The van der Waals surface area contributed by atoms with Gasteiger partial charge in [-0.15, -0.1) is 0 Å². The van der Waals surface area contributed by atoms with Crippen LogP contribution in [0.4, 0.5) is 0 Å². The molecule has 3 rings (SSSR count). The fraction of sp³-hybridized carbons (Fsp3) is 0.292. The van der Waals surface area contributed by atoms with Gasteiger partial charge >= 0.3 is 0 Å². The van der Waals surface area contributed by atoms with E-state index in [2.05, 4.69) is 17.2 Å². The van der Waals surface area contributed by atoms with Crippen molar-refractivity contribution in [3.63, 3.8) is 0 Å². The maximum Gasteiger partial charge on any atom is 0.257 e. The van der Waals surface area contributed by atoms with E-state index in [-0.39, 0.29) is 18.1 Å². The third-order valence-electron chi connectivity index (χ3n) is 5.07. The van der Waals surface area contributed by atoms with Gasteiger partial charge in [0.1, 0.15) is 0 Å². The molecule has 0 saturated carbocycles. The Balaban J connectivity index is 2.11. The predicted octanol–water partition coefficient (Wildman–Crippen LogP) is 3.86. The third-order valence-corrected chi connectivity index (χ3v) is 5.07. The maximum atomic E-state index is 13.5. The van der Waals surface area contributed by atoms with Crippen molar-refractivity contribution in [2.45, 2.75) is 45.2 Å². The molecule has 1 N–H and O–H groups in total. The number of aromatic nitrogens is 2. The molecule has 0 bridgehead atoms. The lowest BCUT2D eigenvalue weighted by molar-refractivity contribution is -0.109. The number of hydrogen-bond donors (Lipinski definition) is 1. The van der Waals surface area contributed by atoms with Crippen molar-refractivity contribution in [3.8, 4) is 0 Å². The SMILES string of the molecule is CCCCCc1c(CNC=O)ncn(C(c2ccccc2)c2ccccc2)c1=O. The zero-order chi connectivity index (χ0) is 20.5. The highest BCUT2D eigenvalue weighted by atomic mass is 16.1. The van der Waals surface area contributed by atoms with Crippen molar-refractivity contribution in [2.24, 2.45) is 0 Å². The fourth-order valence-corrected chi connectivity index (χ4v) is 3.60. The van der Waals surface area contributed by atoms with Gasteiger partial charge in [-0.05, 0) is 24.0 Å². The molecule has 1 aromatic heterocycles. The summed E-state index contributed by atoms with van der Waals surface area (Å²) in [6.45, 7) is 2.40. The smallest absolute Gasteiger partial charge is 0.257 e. The lowest BCUT2D eigenvalue weighted by Gasteiger charge is -2.22.